The van der Waals surface area contributed by atoms with Crippen LogP contribution in [0.4, 0.5) is 11.5 Å². The number of anilines is 2. The van der Waals surface area contributed by atoms with Gasteiger partial charge in [-0.2, -0.15) is 0 Å². The van der Waals surface area contributed by atoms with Gasteiger partial charge in [0.05, 0.1) is 5.41 Å². The molecule has 4 rings (SSSR count). The number of pyridine rings is 1. The number of fused-ring (bicyclic) bond motifs is 3. The van der Waals surface area contributed by atoms with E-state index in [0.717, 1.165) is 22.4 Å². The molecule has 116 valence electrons. The normalized spacial score (nSPS) is 21.0. The zero-order valence-corrected chi connectivity index (χ0v) is 12.8. The van der Waals surface area contributed by atoms with Crippen LogP contribution in [-0.2, 0) is 27.8 Å². The fraction of sp³-hybridized carbons (Fsp3) is 0.278. The lowest BCUT2D eigenvalue weighted by molar-refractivity contribution is -0.120. The van der Waals surface area contributed by atoms with Gasteiger partial charge in [-0.05, 0) is 42.2 Å². The number of carbonyl (C=O) groups is 2. The lowest BCUT2D eigenvalue weighted by Crippen LogP contribution is -2.35. The number of nitrogens with zero attached hydrogens (tertiary/aromatic N) is 1. The van der Waals surface area contributed by atoms with Crippen molar-refractivity contribution >= 4 is 23.3 Å². The van der Waals surface area contributed by atoms with E-state index >= 15 is 0 Å². The van der Waals surface area contributed by atoms with Gasteiger partial charge < -0.3 is 10.6 Å². The molecule has 23 heavy (non-hydrogen) atoms. The van der Waals surface area contributed by atoms with Gasteiger partial charge in [0, 0.05) is 23.9 Å². The Morgan fingerprint density at radius 1 is 1.30 bits per heavy atom. The summed E-state index contributed by atoms with van der Waals surface area (Å²) in [5.74, 6) is 0.678. The Morgan fingerprint density at radius 3 is 2.96 bits per heavy atom. The average Bonchev–Trinajstić information content (AvgIpc) is 3.06. The molecule has 5 nitrogen and oxygen atoms in total. The second-order valence-electron chi connectivity index (χ2n) is 6.17. The molecule has 1 aromatic heterocycles. The molecule has 2 heterocycles. The molecule has 1 atom stereocenters. The summed E-state index contributed by atoms with van der Waals surface area (Å²) in [5, 5.41) is 5.78. The van der Waals surface area contributed by atoms with Gasteiger partial charge >= 0.3 is 0 Å². The highest BCUT2D eigenvalue weighted by Crippen LogP contribution is 2.46. The maximum atomic E-state index is 12.6. The Labute approximate surface area is 134 Å². The molecular formula is C18H17N3O2. The minimum atomic E-state index is -0.556. The van der Waals surface area contributed by atoms with Crippen molar-refractivity contribution < 1.29 is 9.59 Å². The minimum Gasteiger partial charge on any atom is -0.326 e. The predicted molar refractivity (Wildman–Crippen MR) is 87.3 cm³/mol. The van der Waals surface area contributed by atoms with E-state index in [-0.39, 0.29) is 11.8 Å². The zero-order chi connectivity index (χ0) is 16.0. The van der Waals surface area contributed by atoms with Crippen LogP contribution in [0.25, 0.3) is 0 Å². The van der Waals surface area contributed by atoms with Crippen molar-refractivity contribution in [2.75, 3.05) is 10.6 Å². The minimum absolute atomic E-state index is 0.00850. The van der Waals surface area contributed by atoms with Gasteiger partial charge in [-0.3, -0.25) is 9.59 Å². The highest BCUT2D eigenvalue weighted by Gasteiger charge is 2.50. The summed E-state index contributed by atoms with van der Waals surface area (Å²) >= 11 is 0. The van der Waals surface area contributed by atoms with Crippen molar-refractivity contribution in [2.45, 2.75) is 31.6 Å². The molecule has 1 aliphatic heterocycles. The third-order valence-corrected chi connectivity index (χ3v) is 4.79. The Kier molecular flexibility index (Phi) is 2.98. The topological polar surface area (TPSA) is 71.1 Å². The number of nitrogens with one attached hydrogen (secondary N) is 2. The number of hydrogen-bond acceptors (Lipinski definition) is 3. The first kappa shape index (κ1) is 13.9. The van der Waals surface area contributed by atoms with Crippen molar-refractivity contribution in [1.29, 1.82) is 0 Å². The molecular weight excluding hydrogens is 290 g/mol. The third kappa shape index (κ3) is 2.04. The Hall–Kier alpha value is -2.69. The molecule has 5 heteroatoms. The summed E-state index contributed by atoms with van der Waals surface area (Å²) in [6.07, 6.45) is 3.46. The Bertz CT molecular complexity index is 831. The Morgan fingerprint density at radius 2 is 2.13 bits per heavy atom. The zero-order valence-electron chi connectivity index (χ0n) is 12.8. The number of benzene rings is 1. The number of carbonyl (C=O) groups excluding carboxylic acids is 2. The molecule has 2 amide bonds. The standard InChI is InChI=1S/C18H17N3O2/c1-2-15(22)20-13-6-5-11-9-18(10-12(11)8-13)14-4-3-7-19-16(14)21-17(18)23/h3-8H,2,9-10H2,1H3,(H,20,22)(H,19,21,23). The van der Waals surface area contributed by atoms with E-state index in [1.165, 1.54) is 0 Å². The van der Waals surface area contributed by atoms with E-state index in [2.05, 4.69) is 15.6 Å². The molecule has 1 aliphatic carbocycles. The lowest BCUT2D eigenvalue weighted by Gasteiger charge is -2.20. The summed E-state index contributed by atoms with van der Waals surface area (Å²) < 4.78 is 0. The van der Waals surface area contributed by atoms with Gasteiger partial charge in [0.2, 0.25) is 11.8 Å². The molecule has 1 unspecified atom stereocenters. The molecule has 2 aliphatic rings. The van der Waals surface area contributed by atoms with E-state index in [0.29, 0.717) is 25.1 Å². The molecule has 0 saturated carbocycles. The number of hydrogen-bond donors (Lipinski definition) is 2. The first-order valence-corrected chi connectivity index (χ1v) is 7.81. The van der Waals surface area contributed by atoms with Crippen LogP contribution < -0.4 is 10.6 Å². The smallest absolute Gasteiger partial charge is 0.237 e. The molecule has 1 spiro atoms. The van der Waals surface area contributed by atoms with Gasteiger partial charge in [0.15, 0.2) is 0 Å². The van der Waals surface area contributed by atoms with Gasteiger partial charge in [-0.25, -0.2) is 4.98 Å². The third-order valence-electron chi connectivity index (χ3n) is 4.79. The molecule has 0 saturated heterocycles. The lowest BCUT2D eigenvalue weighted by atomic mass is 9.79. The fourth-order valence-corrected chi connectivity index (χ4v) is 3.59. The SMILES string of the molecule is CCC(=O)Nc1ccc2c(c1)CC1(C2)C(=O)Nc2ncccc21. The van der Waals surface area contributed by atoms with Crippen LogP contribution in [0.2, 0.25) is 0 Å². The predicted octanol–water partition coefficient (Wildman–Crippen LogP) is 2.42. The van der Waals surface area contributed by atoms with Gasteiger partial charge in [-0.15, -0.1) is 0 Å². The highest BCUT2D eigenvalue weighted by atomic mass is 16.2. The summed E-state index contributed by atoms with van der Waals surface area (Å²) in [6.45, 7) is 1.82. The van der Waals surface area contributed by atoms with Crippen LogP contribution in [0.15, 0.2) is 36.5 Å². The summed E-state index contributed by atoms with van der Waals surface area (Å²) in [6, 6.07) is 9.75. The van der Waals surface area contributed by atoms with Crippen LogP contribution in [0, 0.1) is 0 Å². The van der Waals surface area contributed by atoms with Crippen molar-refractivity contribution in [3.05, 3.63) is 53.2 Å². The second-order valence-corrected chi connectivity index (χ2v) is 6.17. The number of aromatic nitrogens is 1. The van der Waals surface area contributed by atoms with Crippen molar-refractivity contribution in [3.8, 4) is 0 Å². The van der Waals surface area contributed by atoms with Crippen molar-refractivity contribution in [1.82, 2.24) is 4.98 Å². The molecule has 1 aromatic carbocycles. The first-order valence-electron chi connectivity index (χ1n) is 7.81. The number of rotatable bonds is 2. The van der Waals surface area contributed by atoms with Gasteiger partial charge in [-0.1, -0.05) is 19.1 Å². The highest BCUT2D eigenvalue weighted by molar-refractivity contribution is 6.06. The van der Waals surface area contributed by atoms with Crippen molar-refractivity contribution in [2.24, 2.45) is 0 Å². The molecule has 0 bridgehead atoms. The monoisotopic (exact) mass is 307 g/mol. The second kappa shape index (κ2) is 4.91. The maximum absolute atomic E-state index is 12.6. The van der Waals surface area contributed by atoms with E-state index in [1.54, 1.807) is 6.20 Å². The largest absolute Gasteiger partial charge is 0.326 e. The molecule has 0 radical (unpaired) electrons. The van der Waals surface area contributed by atoms with Gasteiger partial charge in [0.25, 0.3) is 0 Å². The molecule has 0 fully saturated rings. The summed E-state index contributed by atoms with van der Waals surface area (Å²) in [7, 11) is 0. The van der Waals surface area contributed by atoms with E-state index in [4.69, 9.17) is 0 Å². The van der Waals surface area contributed by atoms with Crippen LogP contribution in [-0.4, -0.2) is 16.8 Å². The van der Waals surface area contributed by atoms with E-state index < -0.39 is 5.41 Å². The Balaban J connectivity index is 1.70. The quantitative estimate of drug-likeness (QED) is 0.895. The van der Waals surface area contributed by atoms with Crippen LogP contribution in [0.1, 0.15) is 30.0 Å². The number of amides is 2. The summed E-state index contributed by atoms with van der Waals surface area (Å²) in [4.78, 5) is 28.4. The van der Waals surface area contributed by atoms with Crippen LogP contribution in [0.3, 0.4) is 0 Å². The maximum Gasteiger partial charge on any atom is 0.237 e. The van der Waals surface area contributed by atoms with Gasteiger partial charge in [0.1, 0.15) is 5.82 Å². The molecule has 2 N–H and O–H groups in total. The summed E-state index contributed by atoms with van der Waals surface area (Å²) in [5.41, 5.74) is 3.48. The van der Waals surface area contributed by atoms with Crippen molar-refractivity contribution in [3.63, 3.8) is 0 Å². The molecule has 2 aromatic rings. The van der Waals surface area contributed by atoms with E-state index in [9.17, 15) is 9.59 Å². The van der Waals surface area contributed by atoms with Crippen LogP contribution in [0.5, 0.6) is 0 Å². The van der Waals surface area contributed by atoms with E-state index in [1.807, 2.05) is 37.3 Å². The first-order chi connectivity index (χ1) is 11.1. The average molecular weight is 307 g/mol. The fourth-order valence-electron chi connectivity index (χ4n) is 3.59. The van der Waals surface area contributed by atoms with Crippen LogP contribution >= 0.6 is 0 Å².